The number of hydrogen-bond donors (Lipinski definition) is 1. The van der Waals surface area contributed by atoms with E-state index in [2.05, 4.69) is 5.10 Å². The number of carboxylic acid groups (broad SMARTS) is 1. The first kappa shape index (κ1) is 30.1. The lowest BCUT2D eigenvalue weighted by atomic mass is 10.2. The first-order chi connectivity index (χ1) is 20.9. The molecule has 0 atom stereocenters. The first-order valence-electron chi connectivity index (χ1n) is 13.2. The van der Waals surface area contributed by atoms with Crippen molar-refractivity contribution >= 4 is 22.8 Å². The molecule has 14 heteroatoms. The topological polar surface area (TPSA) is 115 Å². The van der Waals surface area contributed by atoms with Gasteiger partial charge in [0.1, 0.15) is 17.0 Å². The predicted octanol–water partition coefficient (Wildman–Crippen LogP) is 3.99. The zero-order valence-corrected chi connectivity index (χ0v) is 24.1. The van der Waals surface area contributed by atoms with E-state index in [1.54, 1.807) is 31.1 Å². The van der Waals surface area contributed by atoms with Crippen molar-refractivity contribution in [3.8, 4) is 17.1 Å². The average molecular weight is 609 g/mol. The minimum atomic E-state index is -1.18. The highest BCUT2D eigenvalue weighted by Gasteiger charge is 2.27. The van der Waals surface area contributed by atoms with Gasteiger partial charge in [-0.2, -0.15) is 0 Å². The molecule has 0 aliphatic carbocycles. The van der Waals surface area contributed by atoms with Crippen molar-refractivity contribution in [2.24, 2.45) is 0 Å². The standard InChI is InChI=1S/C30H27F3N6O5/c1-35(2)16-23-25-27(34-39(23)18-13-11-17(12-14-18)36(3)30(42)43)37(15-19-20(31)7-5-8-21(19)32)29(41)38(28(25)40)22-9-6-10-24(44-4)26(22)33/h5-14H,15-16H2,1-4H3,(H,42,43). The van der Waals surface area contributed by atoms with E-state index in [4.69, 9.17) is 4.74 Å². The quantitative estimate of drug-likeness (QED) is 0.283. The fourth-order valence-electron chi connectivity index (χ4n) is 4.87. The summed E-state index contributed by atoms with van der Waals surface area (Å²) >= 11 is 0. The molecule has 0 saturated carbocycles. The Morgan fingerprint density at radius 1 is 0.955 bits per heavy atom. The van der Waals surface area contributed by atoms with Crippen molar-refractivity contribution in [3.63, 3.8) is 0 Å². The number of halogens is 3. The van der Waals surface area contributed by atoms with Gasteiger partial charge in [-0.15, -0.1) is 5.10 Å². The van der Waals surface area contributed by atoms with Crippen LogP contribution in [0.5, 0.6) is 5.75 Å². The number of carbonyl (C=O) groups is 1. The minimum absolute atomic E-state index is 0.0935. The second-order valence-electron chi connectivity index (χ2n) is 10.2. The van der Waals surface area contributed by atoms with Crippen LogP contribution in [-0.4, -0.2) is 63.3 Å². The molecule has 5 rings (SSSR count). The summed E-state index contributed by atoms with van der Waals surface area (Å²) in [4.78, 5) is 42.3. The molecule has 0 radical (unpaired) electrons. The number of ether oxygens (including phenoxy) is 1. The highest BCUT2D eigenvalue weighted by atomic mass is 19.1. The van der Waals surface area contributed by atoms with Crippen LogP contribution >= 0.6 is 0 Å². The Labute approximate surface area is 248 Å². The van der Waals surface area contributed by atoms with E-state index in [1.807, 2.05) is 0 Å². The van der Waals surface area contributed by atoms with Gasteiger partial charge in [-0.3, -0.25) is 14.3 Å². The second-order valence-corrected chi connectivity index (χ2v) is 10.2. The zero-order chi connectivity index (χ0) is 31.9. The van der Waals surface area contributed by atoms with Crippen molar-refractivity contribution in [1.29, 1.82) is 0 Å². The Balaban J connectivity index is 1.88. The number of amides is 1. The van der Waals surface area contributed by atoms with Gasteiger partial charge in [-0.05, 0) is 62.6 Å². The van der Waals surface area contributed by atoms with Gasteiger partial charge in [0.2, 0.25) is 0 Å². The molecule has 1 N–H and O–H groups in total. The number of aromatic nitrogens is 4. The molecule has 5 aromatic rings. The van der Waals surface area contributed by atoms with E-state index in [0.717, 1.165) is 21.6 Å². The fraction of sp³-hybridized carbons (Fsp3) is 0.200. The van der Waals surface area contributed by atoms with Crippen LogP contribution in [0.3, 0.4) is 0 Å². The van der Waals surface area contributed by atoms with Gasteiger partial charge in [0.05, 0.1) is 30.7 Å². The molecular weight excluding hydrogens is 581 g/mol. The zero-order valence-electron chi connectivity index (χ0n) is 24.1. The van der Waals surface area contributed by atoms with Crippen LogP contribution in [0.4, 0.5) is 23.7 Å². The summed E-state index contributed by atoms with van der Waals surface area (Å²) in [5.41, 5.74) is -2.03. The Hall–Kier alpha value is -5.37. The van der Waals surface area contributed by atoms with Crippen LogP contribution in [0.2, 0.25) is 0 Å². The van der Waals surface area contributed by atoms with Gasteiger partial charge in [0.25, 0.3) is 5.56 Å². The lowest BCUT2D eigenvalue weighted by Gasteiger charge is -2.15. The molecule has 44 heavy (non-hydrogen) atoms. The summed E-state index contributed by atoms with van der Waals surface area (Å²) in [7, 11) is 6.07. The Kier molecular flexibility index (Phi) is 8.02. The fourth-order valence-corrected chi connectivity index (χ4v) is 4.87. The van der Waals surface area contributed by atoms with Crippen molar-refractivity contribution in [3.05, 3.63) is 110 Å². The van der Waals surface area contributed by atoms with Gasteiger partial charge in [0.15, 0.2) is 17.2 Å². The number of hydrogen-bond acceptors (Lipinski definition) is 6. The monoisotopic (exact) mass is 608 g/mol. The molecule has 0 spiro atoms. The van der Waals surface area contributed by atoms with Crippen LogP contribution in [0.15, 0.2) is 70.3 Å². The lowest BCUT2D eigenvalue weighted by Crippen LogP contribution is -2.40. The third-order valence-corrected chi connectivity index (χ3v) is 7.07. The summed E-state index contributed by atoms with van der Waals surface area (Å²) in [6.45, 7) is -0.560. The lowest BCUT2D eigenvalue weighted by molar-refractivity contribution is 0.203. The van der Waals surface area contributed by atoms with Crippen LogP contribution in [0.1, 0.15) is 11.3 Å². The molecule has 3 aromatic carbocycles. The van der Waals surface area contributed by atoms with Crippen molar-refractivity contribution < 1.29 is 27.8 Å². The summed E-state index contributed by atoms with van der Waals surface area (Å²) in [6.07, 6.45) is -1.18. The number of nitrogens with zero attached hydrogens (tertiary/aromatic N) is 6. The van der Waals surface area contributed by atoms with E-state index in [-0.39, 0.29) is 29.0 Å². The summed E-state index contributed by atoms with van der Waals surface area (Å²) in [6, 6.07) is 13.4. The van der Waals surface area contributed by atoms with Crippen molar-refractivity contribution in [2.45, 2.75) is 13.1 Å². The molecule has 2 aromatic heterocycles. The van der Waals surface area contributed by atoms with E-state index in [0.29, 0.717) is 15.9 Å². The number of methoxy groups -OCH3 is 1. The first-order valence-corrected chi connectivity index (χ1v) is 13.2. The molecule has 0 saturated heterocycles. The van der Waals surface area contributed by atoms with Gasteiger partial charge < -0.3 is 14.7 Å². The maximum atomic E-state index is 15.5. The van der Waals surface area contributed by atoms with Gasteiger partial charge >= 0.3 is 11.8 Å². The van der Waals surface area contributed by atoms with Crippen LogP contribution in [0.25, 0.3) is 22.4 Å². The number of fused-ring (bicyclic) bond motifs is 1. The molecule has 0 fully saturated rings. The Morgan fingerprint density at radius 2 is 1.59 bits per heavy atom. The molecule has 11 nitrogen and oxygen atoms in total. The summed E-state index contributed by atoms with van der Waals surface area (Å²) < 4.78 is 53.1. The summed E-state index contributed by atoms with van der Waals surface area (Å²) in [5.74, 6) is -3.07. The van der Waals surface area contributed by atoms with Crippen molar-refractivity contribution in [2.75, 3.05) is 33.2 Å². The van der Waals surface area contributed by atoms with Crippen LogP contribution in [0, 0.1) is 17.5 Å². The largest absolute Gasteiger partial charge is 0.494 e. The molecule has 2 heterocycles. The molecule has 0 aliphatic rings. The molecule has 0 unspecified atom stereocenters. The number of benzene rings is 3. The third kappa shape index (κ3) is 5.19. The normalized spacial score (nSPS) is 11.4. The summed E-state index contributed by atoms with van der Waals surface area (Å²) in [5, 5.41) is 13.8. The Bertz CT molecular complexity index is 2000. The number of anilines is 1. The predicted molar refractivity (Wildman–Crippen MR) is 157 cm³/mol. The highest BCUT2D eigenvalue weighted by Crippen LogP contribution is 2.26. The van der Waals surface area contributed by atoms with Crippen LogP contribution in [-0.2, 0) is 13.1 Å². The molecule has 1 amide bonds. The number of rotatable bonds is 8. The smallest absolute Gasteiger partial charge is 0.411 e. The van der Waals surface area contributed by atoms with Gasteiger partial charge in [0, 0.05) is 24.8 Å². The average Bonchev–Trinajstić information content (AvgIpc) is 3.35. The highest BCUT2D eigenvalue weighted by molar-refractivity contribution is 5.85. The molecule has 0 aliphatic heterocycles. The second kappa shape index (κ2) is 11.7. The molecular formula is C30H27F3N6O5. The third-order valence-electron chi connectivity index (χ3n) is 7.07. The van der Waals surface area contributed by atoms with Gasteiger partial charge in [-0.1, -0.05) is 12.1 Å². The maximum absolute atomic E-state index is 15.5. The SMILES string of the molecule is COc1cccc(-n2c(=O)c3c(CN(C)C)n(-c4ccc(N(C)C(=O)O)cc4)nc3n(Cc3c(F)cccc3F)c2=O)c1F. The van der Waals surface area contributed by atoms with E-state index in [1.165, 1.54) is 55.2 Å². The molecule has 228 valence electrons. The van der Waals surface area contributed by atoms with Crippen molar-refractivity contribution in [1.82, 2.24) is 23.8 Å². The van der Waals surface area contributed by atoms with E-state index >= 15 is 4.39 Å². The Morgan fingerprint density at radius 3 is 2.18 bits per heavy atom. The maximum Gasteiger partial charge on any atom is 0.411 e. The molecule has 0 bridgehead atoms. The van der Waals surface area contributed by atoms with E-state index in [9.17, 15) is 28.3 Å². The van der Waals surface area contributed by atoms with Crippen LogP contribution < -0.4 is 20.9 Å². The van der Waals surface area contributed by atoms with Gasteiger partial charge in [-0.25, -0.2) is 32.0 Å². The minimum Gasteiger partial charge on any atom is -0.494 e. The van der Waals surface area contributed by atoms with E-state index < -0.39 is 52.6 Å².